The van der Waals surface area contributed by atoms with Gasteiger partial charge in [0, 0.05) is 25.3 Å². The molecule has 0 atom stereocenters. The van der Waals surface area contributed by atoms with Gasteiger partial charge >= 0.3 is 0 Å². The van der Waals surface area contributed by atoms with Crippen LogP contribution in [0.1, 0.15) is 29.8 Å². The fourth-order valence-electron chi connectivity index (χ4n) is 3.30. The van der Waals surface area contributed by atoms with Crippen LogP contribution in [0.4, 0.5) is 0 Å². The summed E-state index contributed by atoms with van der Waals surface area (Å²) in [5.74, 6) is 0.479. The fourth-order valence-corrected chi connectivity index (χ4v) is 4.77. The summed E-state index contributed by atoms with van der Waals surface area (Å²) in [5.41, 5.74) is 3.27. The molecular formula is C18H25N3O2S. The maximum Gasteiger partial charge on any atom is 0.243 e. The largest absolute Gasteiger partial charge is 0.269 e. The van der Waals surface area contributed by atoms with E-state index in [0.29, 0.717) is 23.9 Å². The maximum absolute atomic E-state index is 12.7. The molecule has 0 bridgehead atoms. The normalized spacial score (nSPS) is 17.3. The second-order valence-corrected chi connectivity index (χ2v) is 8.71. The Morgan fingerprint density at radius 3 is 2.25 bits per heavy atom. The number of aromatic nitrogens is 2. The first kappa shape index (κ1) is 17.2. The van der Waals surface area contributed by atoms with E-state index < -0.39 is 10.0 Å². The lowest BCUT2D eigenvalue weighted by atomic mass is 9.98. The van der Waals surface area contributed by atoms with Crippen molar-refractivity contribution in [1.29, 1.82) is 0 Å². The SMILES string of the molecule is Cc1ccc(S(=O)(=O)N2CCC(Cn3nc(C)cc3C)CC2)cc1. The first-order chi connectivity index (χ1) is 11.4. The summed E-state index contributed by atoms with van der Waals surface area (Å²) >= 11 is 0. The van der Waals surface area contributed by atoms with Crippen molar-refractivity contribution in [2.45, 2.75) is 45.1 Å². The zero-order valence-electron chi connectivity index (χ0n) is 14.6. The van der Waals surface area contributed by atoms with Crippen LogP contribution in [0.2, 0.25) is 0 Å². The Labute approximate surface area is 144 Å². The molecule has 1 saturated heterocycles. The van der Waals surface area contributed by atoms with Crippen molar-refractivity contribution in [2.75, 3.05) is 13.1 Å². The Bertz CT molecular complexity index is 801. The topological polar surface area (TPSA) is 55.2 Å². The summed E-state index contributed by atoms with van der Waals surface area (Å²) in [7, 11) is -3.37. The van der Waals surface area contributed by atoms with Crippen molar-refractivity contribution in [3.63, 3.8) is 0 Å². The van der Waals surface area contributed by atoms with Gasteiger partial charge in [-0.3, -0.25) is 4.68 Å². The third kappa shape index (κ3) is 3.54. The molecule has 0 amide bonds. The number of hydrogen-bond donors (Lipinski definition) is 0. The highest BCUT2D eigenvalue weighted by atomic mass is 32.2. The summed E-state index contributed by atoms with van der Waals surface area (Å²) in [6, 6.07) is 9.18. The van der Waals surface area contributed by atoms with Gasteiger partial charge in [-0.2, -0.15) is 9.40 Å². The number of rotatable bonds is 4. The lowest BCUT2D eigenvalue weighted by Gasteiger charge is -2.31. The van der Waals surface area contributed by atoms with Gasteiger partial charge in [0.15, 0.2) is 0 Å². The average Bonchev–Trinajstić information content (AvgIpc) is 2.86. The highest BCUT2D eigenvalue weighted by molar-refractivity contribution is 7.89. The Kier molecular flexibility index (Phi) is 4.78. The van der Waals surface area contributed by atoms with Crippen LogP contribution in [0, 0.1) is 26.7 Å². The van der Waals surface area contributed by atoms with Crippen molar-refractivity contribution >= 4 is 10.0 Å². The van der Waals surface area contributed by atoms with E-state index in [0.717, 1.165) is 30.6 Å². The molecule has 3 rings (SSSR count). The zero-order chi connectivity index (χ0) is 17.3. The molecule has 1 aromatic carbocycles. The van der Waals surface area contributed by atoms with Crippen LogP contribution in [0.5, 0.6) is 0 Å². The minimum Gasteiger partial charge on any atom is -0.269 e. The molecule has 2 aromatic rings. The molecule has 0 N–H and O–H groups in total. The monoisotopic (exact) mass is 347 g/mol. The van der Waals surface area contributed by atoms with Gasteiger partial charge in [-0.15, -0.1) is 0 Å². The highest BCUT2D eigenvalue weighted by Crippen LogP contribution is 2.25. The van der Waals surface area contributed by atoms with Gasteiger partial charge in [-0.05, 0) is 57.7 Å². The van der Waals surface area contributed by atoms with Gasteiger partial charge in [0.25, 0.3) is 0 Å². The van der Waals surface area contributed by atoms with Crippen molar-refractivity contribution in [1.82, 2.24) is 14.1 Å². The summed E-state index contributed by atoms with van der Waals surface area (Å²) in [6.07, 6.45) is 1.76. The summed E-state index contributed by atoms with van der Waals surface area (Å²) in [5, 5.41) is 4.51. The molecule has 0 spiro atoms. The van der Waals surface area contributed by atoms with E-state index in [9.17, 15) is 8.42 Å². The summed E-state index contributed by atoms with van der Waals surface area (Å²) < 4.78 is 29.1. The van der Waals surface area contributed by atoms with E-state index in [2.05, 4.69) is 18.1 Å². The van der Waals surface area contributed by atoms with E-state index in [-0.39, 0.29) is 0 Å². The van der Waals surface area contributed by atoms with Gasteiger partial charge in [-0.1, -0.05) is 17.7 Å². The third-order valence-electron chi connectivity index (χ3n) is 4.77. The van der Waals surface area contributed by atoms with E-state index in [1.165, 1.54) is 5.69 Å². The molecule has 24 heavy (non-hydrogen) atoms. The van der Waals surface area contributed by atoms with E-state index in [1.54, 1.807) is 16.4 Å². The first-order valence-corrected chi connectivity index (χ1v) is 9.88. The van der Waals surface area contributed by atoms with Gasteiger partial charge in [0.05, 0.1) is 10.6 Å². The average molecular weight is 347 g/mol. The van der Waals surface area contributed by atoms with Crippen LogP contribution in [0.3, 0.4) is 0 Å². The van der Waals surface area contributed by atoms with Gasteiger partial charge < -0.3 is 0 Å². The Morgan fingerprint density at radius 1 is 1.08 bits per heavy atom. The number of nitrogens with zero attached hydrogens (tertiary/aromatic N) is 3. The molecule has 0 saturated carbocycles. The molecule has 1 aliphatic heterocycles. The molecule has 0 unspecified atom stereocenters. The van der Waals surface area contributed by atoms with Crippen molar-refractivity contribution in [2.24, 2.45) is 5.92 Å². The second kappa shape index (κ2) is 6.69. The summed E-state index contributed by atoms with van der Waals surface area (Å²) in [6.45, 7) is 8.07. The molecule has 130 valence electrons. The lowest BCUT2D eigenvalue weighted by Crippen LogP contribution is -2.39. The molecule has 1 aromatic heterocycles. The zero-order valence-corrected chi connectivity index (χ0v) is 15.4. The molecular weight excluding hydrogens is 322 g/mol. The molecule has 0 aliphatic carbocycles. The quantitative estimate of drug-likeness (QED) is 0.854. The number of piperidine rings is 1. The Morgan fingerprint density at radius 2 is 1.71 bits per heavy atom. The van der Waals surface area contributed by atoms with Gasteiger partial charge in [0.2, 0.25) is 10.0 Å². The minimum absolute atomic E-state index is 0.394. The Hall–Kier alpha value is -1.66. The van der Waals surface area contributed by atoms with Crippen molar-refractivity contribution in [3.05, 3.63) is 47.3 Å². The van der Waals surface area contributed by atoms with Crippen LogP contribution in [-0.4, -0.2) is 35.6 Å². The fraction of sp³-hybridized carbons (Fsp3) is 0.500. The van der Waals surface area contributed by atoms with Crippen LogP contribution >= 0.6 is 0 Å². The van der Waals surface area contributed by atoms with Crippen LogP contribution in [0.25, 0.3) is 0 Å². The highest BCUT2D eigenvalue weighted by Gasteiger charge is 2.29. The molecule has 1 aliphatic rings. The van der Waals surface area contributed by atoms with E-state index in [4.69, 9.17) is 0 Å². The number of aryl methyl sites for hydroxylation is 3. The predicted molar refractivity (Wildman–Crippen MR) is 94.4 cm³/mol. The standard InChI is InChI=1S/C18H25N3O2S/c1-14-4-6-18(7-5-14)24(22,23)20-10-8-17(9-11-20)13-21-16(3)12-15(2)19-21/h4-7,12,17H,8-11,13H2,1-3H3. The smallest absolute Gasteiger partial charge is 0.243 e. The number of hydrogen-bond acceptors (Lipinski definition) is 3. The van der Waals surface area contributed by atoms with E-state index >= 15 is 0 Å². The summed E-state index contributed by atoms with van der Waals surface area (Å²) in [4.78, 5) is 0.394. The molecule has 0 radical (unpaired) electrons. The van der Waals surface area contributed by atoms with Crippen molar-refractivity contribution < 1.29 is 8.42 Å². The van der Waals surface area contributed by atoms with Gasteiger partial charge in [0.1, 0.15) is 0 Å². The van der Waals surface area contributed by atoms with Crippen LogP contribution in [0.15, 0.2) is 35.2 Å². The van der Waals surface area contributed by atoms with Gasteiger partial charge in [-0.25, -0.2) is 8.42 Å². The molecule has 6 heteroatoms. The number of sulfonamides is 1. The molecule has 2 heterocycles. The first-order valence-electron chi connectivity index (χ1n) is 8.44. The van der Waals surface area contributed by atoms with E-state index in [1.807, 2.05) is 30.7 Å². The molecule has 5 nitrogen and oxygen atoms in total. The Balaban J connectivity index is 1.64. The number of benzene rings is 1. The third-order valence-corrected chi connectivity index (χ3v) is 6.68. The lowest BCUT2D eigenvalue weighted by molar-refractivity contribution is 0.246. The van der Waals surface area contributed by atoms with Crippen LogP contribution < -0.4 is 0 Å². The predicted octanol–water partition coefficient (Wildman–Crippen LogP) is 2.91. The van der Waals surface area contributed by atoms with Crippen molar-refractivity contribution in [3.8, 4) is 0 Å². The minimum atomic E-state index is -3.37. The second-order valence-electron chi connectivity index (χ2n) is 6.77. The molecule has 1 fully saturated rings. The maximum atomic E-state index is 12.7. The van der Waals surface area contributed by atoms with Crippen LogP contribution in [-0.2, 0) is 16.6 Å².